The van der Waals surface area contributed by atoms with Crippen LogP contribution in [0.2, 0.25) is 0 Å². The quantitative estimate of drug-likeness (QED) is 0.878. The highest BCUT2D eigenvalue weighted by atomic mass is 16.5. The number of rotatable bonds is 6. The van der Waals surface area contributed by atoms with Gasteiger partial charge < -0.3 is 10.1 Å². The largest absolute Gasteiger partial charge is 0.381 e. The highest BCUT2D eigenvalue weighted by Crippen LogP contribution is 2.29. The van der Waals surface area contributed by atoms with E-state index in [1.165, 1.54) is 12.8 Å². The molecule has 2 fully saturated rings. The van der Waals surface area contributed by atoms with Crippen molar-refractivity contribution >= 4 is 11.6 Å². The zero-order chi connectivity index (χ0) is 15.5. The van der Waals surface area contributed by atoms with Gasteiger partial charge in [0, 0.05) is 24.9 Å². The standard InChI is InChI=1S/C18H26N2O2/c1-13-4-3-5-14(2)18(13)19-17(21)11-20(16-6-7-16)10-15-8-9-22-12-15/h3-5,15-16H,6-12H2,1-2H3,(H,19,21). The fourth-order valence-electron chi connectivity index (χ4n) is 3.22. The van der Waals surface area contributed by atoms with Crippen molar-refractivity contribution < 1.29 is 9.53 Å². The number of anilines is 1. The van der Waals surface area contributed by atoms with Gasteiger partial charge >= 0.3 is 0 Å². The van der Waals surface area contributed by atoms with Gasteiger partial charge in [-0.15, -0.1) is 0 Å². The summed E-state index contributed by atoms with van der Waals surface area (Å²) in [6, 6.07) is 6.70. The van der Waals surface area contributed by atoms with Crippen LogP contribution in [0, 0.1) is 19.8 Å². The Hall–Kier alpha value is -1.39. The molecule has 1 aliphatic carbocycles. The average molecular weight is 302 g/mol. The van der Waals surface area contributed by atoms with E-state index in [0.29, 0.717) is 18.5 Å². The molecule has 1 saturated carbocycles. The number of benzene rings is 1. The highest BCUT2D eigenvalue weighted by molar-refractivity contribution is 5.93. The first-order valence-electron chi connectivity index (χ1n) is 8.31. The summed E-state index contributed by atoms with van der Waals surface area (Å²) >= 11 is 0. The van der Waals surface area contributed by atoms with E-state index in [2.05, 4.69) is 10.2 Å². The average Bonchev–Trinajstić information content (AvgIpc) is 3.21. The van der Waals surface area contributed by atoms with Gasteiger partial charge in [0.2, 0.25) is 5.91 Å². The van der Waals surface area contributed by atoms with Crippen LogP contribution in [0.3, 0.4) is 0 Å². The summed E-state index contributed by atoms with van der Waals surface area (Å²) in [5.74, 6) is 0.691. The molecule has 0 aromatic heterocycles. The van der Waals surface area contributed by atoms with Gasteiger partial charge in [-0.25, -0.2) is 0 Å². The maximum atomic E-state index is 12.4. The smallest absolute Gasteiger partial charge is 0.238 e. The molecule has 22 heavy (non-hydrogen) atoms. The van der Waals surface area contributed by atoms with Gasteiger partial charge in [0.15, 0.2) is 0 Å². The molecule has 1 N–H and O–H groups in total. The van der Waals surface area contributed by atoms with Gasteiger partial charge in [0.05, 0.1) is 13.2 Å². The summed E-state index contributed by atoms with van der Waals surface area (Å²) in [7, 11) is 0. The highest BCUT2D eigenvalue weighted by Gasteiger charge is 2.32. The molecule has 1 aromatic carbocycles. The second-order valence-electron chi connectivity index (χ2n) is 6.71. The number of carbonyl (C=O) groups is 1. The van der Waals surface area contributed by atoms with Crippen molar-refractivity contribution in [1.82, 2.24) is 4.90 Å². The first-order chi connectivity index (χ1) is 10.6. The number of nitrogens with one attached hydrogen (secondary N) is 1. The molecule has 1 aliphatic heterocycles. The fraction of sp³-hybridized carbons (Fsp3) is 0.611. The molecule has 1 amide bonds. The molecule has 0 bridgehead atoms. The van der Waals surface area contributed by atoms with Crippen LogP contribution in [0.4, 0.5) is 5.69 Å². The molecule has 120 valence electrons. The van der Waals surface area contributed by atoms with E-state index < -0.39 is 0 Å². The molecule has 1 unspecified atom stereocenters. The van der Waals surface area contributed by atoms with E-state index in [9.17, 15) is 4.79 Å². The van der Waals surface area contributed by atoms with Crippen LogP contribution < -0.4 is 5.32 Å². The van der Waals surface area contributed by atoms with Crippen LogP contribution >= 0.6 is 0 Å². The second kappa shape index (κ2) is 6.80. The van der Waals surface area contributed by atoms with Gasteiger partial charge in [0.1, 0.15) is 0 Å². The number of ether oxygens (including phenoxy) is 1. The molecule has 4 heteroatoms. The molecule has 2 aliphatic rings. The Morgan fingerprint density at radius 3 is 2.59 bits per heavy atom. The van der Waals surface area contributed by atoms with Crippen molar-refractivity contribution in [3.8, 4) is 0 Å². The molecule has 0 spiro atoms. The van der Waals surface area contributed by atoms with Crippen molar-refractivity contribution in [1.29, 1.82) is 0 Å². The van der Waals surface area contributed by atoms with Crippen molar-refractivity contribution in [2.24, 2.45) is 5.92 Å². The molecule has 1 aromatic rings. The van der Waals surface area contributed by atoms with E-state index >= 15 is 0 Å². The molecule has 0 radical (unpaired) electrons. The third-order valence-corrected chi connectivity index (χ3v) is 4.67. The number of hydrogen-bond acceptors (Lipinski definition) is 3. The fourth-order valence-corrected chi connectivity index (χ4v) is 3.22. The number of nitrogens with zero attached hydrogens (tertiary/aromatic N) is 1. The summed E-state index contributed by atoms with van der Waals surface area (Å²) < 4.78 is 5.46. The van der Waals surface area contributed by atoms with E-state index in [4.69, 9.17) is 4.74 Å². The van der Waals surface area contributed by atoms with Gasteiger partial charge in [0.25, 0.3) is 0 Å². The summed E-state index contributed by atoms with van der Waals surface area (Å²) in [5.41, 5.74) is 3.21. The number of para-hydroxylation sites is 1. The monoisotopic (exact) mass is 302 g/mol. The maximum Gasteiger partial charge on any atom is 0.238 e. The summed E-state index contributed by atoms with van der Waals surface area (Å²) in [5, 5.41) is 3.10. The van der Waals surface area contributed by atoms with Crippen molar-refractivity contribution in [3.63, 3.8) is 0 Å². The van der Waals surface area contributed by atoms with Crippen molar-refractivity contribution in [2.45, 2.75) is 39.2 Å². The summed E-state index contributed by atoms with van der Waals surface area (Å²) in [4.78, 5) is 14.8. The number of hydrogen-bond donors (Lipinski definition) is 1. The molecule has 4 nitrogen and oxygen atoms in total. The molecular weight excluding hydrogens is 276 g/mol. The van der Waals surface area contributed by atoms with Crippen molar-refractivity contribution in [2.75, 3.05) is 31.6 Å². The van der Waals surface area contributed by atoms with Crippen molar-refractivity contribution in [3.05, 3.63) is 29.3 Å². The predicted octanol–water partition coefficient (Wildman–Crippen LogP) is 2.74. The Morgan fingerprint density at radius 1 is 1.27 bits per heavy atom. The summed E-state index contributed by atoms with van der Waals surface area (Å²) in [6.45, 7) is 7.29. The van der Waals surface area contributed by atoms with E-state index in [-0.39, 0.29) is 5.91 Å². The lowest BCUT2D eigenvalue weighted by atomic mass is 10.1. The summed E-state index contributed by atoms with van der Waals surface area (Å²) in [6.07, 6.45) is 3.58. The third-order valence-electron chi connectivity index (χ3n) is 4.67. The van der Waals surface area contributed by atoms with E-state index in [0.717, 1.165) is 43.0 Å². The van der Waals surface area contributed by atoms with E-state index in [1.54, 1.807) is 0 Å². The number of amides is 1. The Labute approximate surface area is 132 Å². The van der Waals surface area contributed by atoms with Gasteiger partial charge in [-0.2, -0.15) is 0 Å². The van der Waals surface area contributed by atoms with Crippen LogP contribution in [0.5, 0.6) is 0 Å². The Kier molecular flexibility index (Phi) is 4.79. The van der Waals surface area contributed by atoms with Crippen LogP contribution in [-0.2, 0) is 9.53 Å². The molecule has 3 rings (SSSR count). The Bertz CT molecular complexity index is 514. The lowest BCUT2D eigenvalue weighted by molar-refractivity contribution is -0.117. The zero-order valence-corrected chi connectivity index (χ0v) is 13.6. The Balaban J connectivity index is 1.59. The minimum atomic E-state index is 0.100. The maximum absolute atomic E-state index is 12.4. The van der Waals surface area contributed by atoms with Crippen LogP contribution in [0.1, 0.15) is 30.4 Å². The predicted molar refractivity (Wildman–Crippen MR) is 88.1 cm³/mol. The normalized spacial score (nSPS) is 21.3. The first-order valence-corrected chi connectivity index (χ1v) is 8.31. The van der Waals surface area contributed by atoms with Crippen LogP contribution in [-0.4, -0.2) is 43.2 Å². The molecule has 1 saturated heterocycles. The SMILES string of the molecule is Cc1cccc(C)c1NC(=O)CN(CC1CCOC1)C1CC1. The zero-order valence-electron chi connectivity index (χ0n) is 13.6. The van der Waals surface area contributed by atoms with Crippen LogP contribution in [0.25, 0.3) is 0 Å². The van der Waals surface area contributed by atoms with E-state index in [1.807, 2.05) is 32.0 Å². The minimum absolute atomic E-state index is 0.100. The van der Waals surface area contributed by atoms with Gasteiger partial charge in [-0.1, -0.05) is 18.2 Å². The second-order valence-corrected chi connectivity index (χ2v) is 6.71. The lowest BCUT2D eigenvalue weighted by Gasteiger charge is -2.24. The minimum Gasteiger partial charge on any atom is -0.381 e. The van der Waals surface area contributed by atoms with Gasteiger partial charge in [-0.05, 0) is 50.2 Å². The first kappa shape index (κ1) is 15.5. The lowest BCUT2D eigenvalue weighted by Crippen LogP contribution is -2.38. The molecule has 1 atom stereocenters. The van der Waals surface area contributed by atoms with Gasteiger partial charge in [-0.3, -0.25) is 9.69 Å². The molecular formula is C18H26N2O2. The number of carbonyl (C=O) groups excluding carboxylic acids is 1. The molecule has 1 heterocycles. The Morgan fingerprint density at radius 2 is 2.00 bits per heavy atom. The van der Waals surface area contributed by atoms with Crippen LogP contribution in [0.15, 0.2) is 18.2 Å². The number of aryl methyl sites for hydroxylation is 2. The third kappa shape index (κ3) is 3.87. The topological polar surface area (TPSA) is 41.6 Å².